The Morgan fingerprint density at radius 1 is 0.841 bits per heavy atom. The van der Waals surface area contributed by atoms with Crippen molar-refractivity contribution in [2.45, 2.75) is 57.8 Å². The van der Waals surface area contributed by atoms with Gasteiger partial charge in [0.1, 0.15) is 23.1 Å². The average Bonchev–Trinajstić information content (AvgIpc) is 3.29. The number of nitrogens with zero attached hydrogens (tertiary/aromatic N) is 1. The van der Waals surface area contributed by atoms with Crippen molar-refractivity contribution in [3.05, 3.63) is 102 Å². The van der Waals surface area contributed by atoms with Crippen molar-refractivity contribution in [3.63, 3.8) is 0 Å². The quantitative estimate of drug-likeness (QED) is 0.212. The molecule has 4 rings (SSSR count). The Morgan fingerprint density at radius 2 is 1.39 bits per heavy atom. The molecule has 0 saturated heterocycles. The summed E-state index contributed by atoms with van der Waals surface area (Å²) in [6, 6.07) is 16.5. The minimum absolute atomic E-state index is 0. The van der Waals surface area contributed by atoms with Gasteiger partial charge in [-0.05, 0) is 80.6 Å². The van der Waals surface area contributed by atoms with Crippen LogP contribution >= 0.6 is 0 Å². The maximum atomic E-state index is 14.6. The largest absolute Gasteiger partial charge is 1.00 e. The van der Waals surface area contributed by atoms with Crippen molar-refractivity contribution >= 4 is 17.6 Å². The molecule has 3 N–H and O–H groups in total. The Bertz CT molecular complexity index is 1590. The summed E-state index contributed by atoms with van der Waals surface area (Å²) in [5.41, 5.74) is 2.62. The van der Waals surface area contributed by atoms with Gasteiger partial charge in [0.25, 0.3) is 5.91 Å². The smallest absolute Gasteiger partial charge is 0.550 e. The van der Waals surface area contributed by atoms with Crippen LogP contribution in [0.15, 0.2) is 72.8 Å². The van der Waals surface area contributed by atoms with E-state index in [1.165, 1.54) is 54.6 Å². The first-order valence-corrected chi connectivity index (χ1v) is 13.9. The number of rotatable bonds is 12. The molecule has 0 aliphatic heterocycles. The fraction of sp³-hybridized carbons (Fsp3) is 0.273. The number of anilines is 1. The molecule has 226 valence electrons. The van der Waals surface area contributed by atoms with E-state index < -0.39 is 48.0 Å². The molecule has 0 fully saturated rings. The Balaban J connectivity index is 0.00000529. The number of amides is 1. The third kappa shape index (κ3) is 8.40. The first-order valence-electron chi connectivity index (χ1n) is 13.9. The van der Waals surface area contributed by atoms with Gasteiger partial charge < -0.3 is 30.0 Å². The SMILES string of the molecule is CC(C)n1c(CC[C@@H](O)C[C@@H](O)CC(=O)[O-])c(-c2ccc(F)cc2)c(-c2ccc(F)cc2)c1C(=O)Nc1ccccc1F.[Na+]. The third-order valence-corrected chi connectivity index (χ3v) is 7.09. The molecular formula is C33H32F3N2NaO5. The number of carboxylic acid groups (broad SMARTS) is 1. The van der Waals surface area contributed by atoms with Crippen LogP contribution in [-0.4, -0.2) is 38.9 Å². The van der Waals surface area contributed by atoms with Gasteiger partial charge in [0.05, 0.1) is 17.9 Å². The monoisotopic (exact) mass is 616 g/mol. The molecule has 0 bridgehead atoms. The van der Waals surface area contributed by atoms with Crippen LogP contribution in [0.25, 0.3) is 22.3 Å². The van der Waals surface area contributed by atoms with Crippen molar-refractivity contribution in [2.24, 2.45) is 0 Å². The second-order valence-corrected chi connectivity index (χ2v) is 10.6. The van der Waals surface area contributed by atoms with Crippen LogP contribution in [0.1, 0.15) is 55.3 Å². The second-order valence-electron chi connectivity index (χ2n) is 10.6. The molecule has 44 heavy (non-hydrogen) atoms. The molecule has 0 aliphatic carbocycles. The average molecular weight is 617 g/mol. The number of hydrogen-bond acceptors (Lipinski definition) is 5. The molecule has 1 heterocycles. The summed E-state index contributed by atoms with van der Waals surface area (Å²) < 4.78 is 44.4. The van der Waals surface area contributed by atoms with Crippen molar-refractivity contribution in [1.29, 1.82) is 0 Å². The van der Waals surface area contributed by atoms with Gasteiger partial charge in [-0.25, -0.2) is 13.2 Å². The van der Waals surface area contributed by atoms with Crippen molar-refractivity contribution in [1.82, 2.24) is 4.57 Å². The number of carbonyl (C=O) groups excluding carboxylic acids is 2. The number of para-hydroxylation sites is 1. The van der Waals surface area contributed by atoms with Gasteiger partial charge >= 0.3 is 29.6 Å². The summed E-state index contributed by atoms with van der Waals surface area (Å²) in [4.78, 5) is 24.9. The number of aliphatic hydroxyl groups excluding tert-OH is 2. The maximum absolute atomic E-state index is 14.6. The Morgan fingerprint density at radius 3 is 1.91 bits per heavy atom. The van der Waals surface area contributed by atoms with Crippen LogP contribution < -0.4 is 40.0 Å². The van der Waals surface area contributed by atoms with Gasteiger partial charge in [-0.15, -0.1) is 0 Å². The molecule has 3 aromatic carbocycles. The first kappa shape index (κ1) is 35.1. The minimum Gasteiger partial charge on any atom is -0.550 e. The number of aliphatic hydroxyl groups is 2. The number of benzene rings is 3. The molecule has 0 unspecified atom stereocenters. The van der Waals surface area contributed by atoms with E-state index in [0.717, 1.165) is 0 Å². The van der Waals surface area contributed by atoms with E-state index in [-0.39, 0.29) is 66.2 Å². The maximum Gasteiger partial charge on any atom is 1.00 e. The second kappa shape index (κ2) is 15.5. The number of hydrogen-bond donors (Lipinski definition) is 3. The number of halogens is 3. The number of aliphatic carboxylic acids is 1. The van der Waals surface area contributed by atoms with E-state index >= 15 is 0 Å². The van der Waals surface area contributed by atoms with Crippen LogP contribution in [0.2, 0.25) is 0 Å². The third-order valence-electron chi connectivity index (χ3n) is 7.09. The van der Waals surface area contributed by atoms with Gasteiger partial charge in [0.15, 0.2) is 0 Å². The minimum atomic E-state index is -1.44. The zero-order valence-corrected chi connectivity index (χ0v) is 26.7. The van der Waals surface area contributed by atoms with E-state index in [1.54, 1.807) is 22.8 Å². The number of carboxylic acids is 1. The predicted molar refractivity (Wildman–Crippen MR) is 155 cm³/mol. The Kier molecular flexibility index (Phi) is 12.4. The molecule has 2 atom stereocenters. The predicted octanol–water partition coefficient (Wildman–Crippen LogP) is 2.26. The van der Waals surface area contributed by atoms with Gasteiger partial charge in [-0.1, -0.05) is 36.4 Å². The Hall–Kier alpha value is -3.41. The number of carbonyl (C=O) groups is 2. The molecular weight excluding hydrogens is 584 g/mol. The van der Waals surface area contributed by atoms with Crippen molar-refractivity contribution in [3.8, 4) is 22.3 Å². The van der Waals surface area contributed by atoms with Crippen LogP contribution in [0.5, 0.6) is 0 Å². The zero-order valence-electron chi connectivity index (χ0n) is 24.7. The summed E-state index contributed by atoms with van der Waals surface area (Å²) in [5.74, 6) is -3.70. The van der Waals surface area contributed by atoms with Gasteiger partial charge in [0, 0.05) is 35.3 Å². The molecule has 0 spiro atoms. The fourth-order valence-electron chi connectivity index (χ4n) is 5.26. The van der Waals surface area contributed by atoms with Crippen molar-refractivity contribution < 1.29 is 67.6 Å². The van der Waals surface area contributed by atoms with Crippen LogP contribution in [0.4, 0.5) is 18.9 Å². The van der Waals surface area contributed by atoms with Gasteiger partial charge in [0.2, 0.25) is 0 Å². The molecule has 7 nitrogen and oxygen atoms in total. The summed E-state index contributed by atoms with van der Waals surface area (Å²) in [6.07, 6.45) is -3.03. The van der Waals surface area contributed by atoms with Crippen molar-refractivity contribution in [2.75, 3.05) is 5.32 Å². The summed E-state index contributed by atoms with van der Waals surface area (Å²) in [5, 5.41) is 34.2. The topological polar surface area (TPSA) is 115 Å². The molecule has 0 aliphatic rings. The summed E-state index contributed by atoms with van der Waals surface area (Å²) >= 11 is 0. The van der Waals surface area contributed by atoms with Crippen LogP contribution in [0.3, 0.4) is 0 Å². The molecule has 11 heteroatoms. The first-order chi connectivity index (χ1) is 20.5. The van der Waals surface area contributed by atoms with Gasteiger partial charge in [-0.2, -0.15) is 0 Å². The molecule has 1 aromatic heterocycles. The zero-order chi connectivity index (χ0) is 31.3. The summed E-state index contributed by atoms with van der Waals surface area (Å²) in [7, 11) is 0. The van der Waals surface area contributed by atoms with E-state index in [2.05, 4.69) is 5.32 Å². The van der Waals surface area contributed by atoms with E-state index in [4.69, 9.17) is 0 Å². The number of aromatic nitrogens is 1. The van der Waals surface area contributed by atoms with Crippen LogP contribution in [-0.2, 0) is 11.2 Å². The molecule has 1 amide bonds. The molecule has 4 aromatic rings. The molecule has 0 saturated carbocycles. The fourth-order valence-corrected chi connectivity index (χ4v) is 5.26. The van der Waals surface area contributed by atoms with E-state index in [1.807, 2.05) is 13.8 Å². The van der Waals surface area contributed by atoms with Crippen LogP contribution in [0, 0.1) is 17.5 Å². The molecule has 0 radical (unpaired) electrons. The summed E-state index contributed by atoms with van der Waals surface area (Å²) in [6.45, 7) is 3.68. The van der Waals surface area contributed by atoms with Gasteiger partial charge in [-0.3, -0.25) is 4.79 Å². The standard InChI is InChI=1S/C33H33F3N2O5.Na/c1-19(2)38-28(16-15-24(39)17-25(40)18-29(41)42)30(20-7-11-22(34)12-8-20)31(21-9-13-23(35)14-10-21)32(38)33(43)37-27-6-4-3-5-26(27)36;/h3-14,19,24-25,39-40H,15-18H2,1-2H3,(H,37,43)(H,41,42);/q;+1/p-1/t24-,25-;/m1./s1. The number of nitrogens with one attached hydrogen (secondary N) is 1. The van der Waals surface area contributed by atoms with E-state index in [9.17, 15) is 38.1 Å². The van der Waals surface area contributed by atoms with E-state index in [0.29, 0.717) is 27.9 Å². The normalized spacial score (nSPS) is 12.5. The Labute approximate surface area is 275 Å².